The maximum absolute atomic E-state index is 11.6. The topological polar surface area (TPSA) is 98.5 Å². The molecule has 0 aromatic rings. The molecule has 0 aliphatic carbocycles. The quantitative estimate of drug-likeness (QED) is 0.534. The van der Waals surface area contributed by atoms with E-state index in [2.05, 4.69) is 5.32 Å². The molecule has 0 aliphatic rings. The van der Waals surface area contributed by atoms with E-state index in [0.717, 1.165) is 0 Å². The molecule has 7 heteroatoms. The Bertz CT molecular complexity index is 303. The molecule has 0 radical (unpaired) electrons. The van der Waals surface area contributed by atoms with E-state index in [9.17, 15) is 13.2 Å². The van der Waals surface area contributed by atoms with Crippen LogP contribution in [0.15, 0.2) is 0 Å². The van der Waals surface area contributed by atoms with E-state index in [-0.39, 0.29) is 0 Å². The summed E-state index contributed by atoms with van der Waals surface area (Å²) in [4.78, 5) is 11.3. The van der Waals surface area contributed by atoms with Crippen LogP contribution in [0.5, 0.6) is 0 Å². The molecule has 1 unspecified atom stereocenters. The number of carbonyl (C=O) groups excluding carboxylic acids is 1. The lowest BCUT2D eigenvalue weighted by Gasteiger charge is -2.11. The number of carbonyl (C=O) groups is 1. The van der Waals surface area contributed by atoms with Gasteiger partial charge >= 0.3 is 0 Å². The number of nitrogens with one attached hydrogen (secondary N) is 1. The molecule has 0 bridgehead atoms. The van der Waals surface area contributed by atoms with Gasteiger partial charge in [0.25, 0.3) is 0 Å². The molecule has 0 aliphatic heterocycles. The van der Waals surface area contributed by atoms with Gasteiger partial charge < -0.3 is 15.8 Å². The van der Waals surface area contributed by atoms with Crippen molar-refractivity contribution in [3.8, 4) is 0 Å². The van der Waals surface area contributed by atoms with Gasteiger partial charge in [0.2, 0.25) is 5.91 Å². The highest BCUT2D eigenvalue weighted by molar-refractivity contribution is 7.92. The highest BCUT2D eigenvalue weighted by Crippen LogP contribution is 2.05. The van der Waals surface area contributed by atoms with Gasteiger partial charge in [-0.25, -0.2) is 8.42 Å². The maximum Gasteiger partial charge on any atom is 0.235 e. The first-order valence-electron chi connectivity index (χ1n) is 5.11. The number of rotatable bonds is 8. The summed E-state index contributed by atoms with van der Waals surface area (Å²) in [5.41, 5.74) is 5.27. The molecule has 6 nitrogen and oxygen atoms in total. The van der Waals surface area contributed by atoms with Crippen molar-refractivity contribution < 1.29 is 17.9 Å². The third-order valence-corrected chi connectivity index (χ3v) is 4.27. The zero-order valence-corrected chi connectivity index (χ0v) is 10.5. The number of sulfone groups is 1. The van der Waals surface area contributed by atoms with E-state index in [1.807, 2.05) is 0 Å². The largest absolute Gasteiger partial charge is 0.383 e. The van der Waals surface area contributed by atoms with Crippen LogP contribution in [0.3, 0.4) is 0 Å². The van der Waals surface area contributed by atoms with E-state index in [1.165, 1.54) is 7.11 Å². The van der Waals surface area contributed by atoms with Crippen molar-refractivity contribution in [3.63, 3.8) is 0 Å². The molecule has 0 saturated carbocycles. The van der Waals surface area contributed by atoms with Crippen LogP contribution < -0.4 is 11.1 Å². The predicted octanol–water partition coefficient (Wildman–Crippen LogP) is -1.10. The van der Waals surface area contributed by atoms with Gasteiger partial charge in [-0.15, -0.1) is 0 Å². The second-order valence-corrected chi connectivity index (χ2v) is 5.96. The van der Waals surface area contributed by atoms with Gasteiger partial charge in [0.15, 0.2) is 9.84 Å². The fourth-order valence-corrected chi connectivity index (χ4v) is 2.33. The molecule has 16 heavy (non-hydrogen) atoms. The molecule has 0 fully saturated rings. The highest BCUT2D eigenvalue weighted by atomic mass is 32.2. The Morgan fingerprint density at radius 1 is 1.50 bits per heavy atom. The summed E-state index contributed by atoms with van der Waals surface area (Å²) in [5.74, 6) is -0.987. The standard InChI is InChI=1S/C9H20N2O4S/c1-8(3-4-10)16(13,14)7-9(12)11-5-6-15-2/h8H,3-7,10H2,1-2H3,(H,11,12). The van der Waals surface area contributed by atoms with Gasteiger partial charge in [0, 0.05) is 13.7 Å². The number of hydrogen-bond donors (Lipinski definition) is 2. The van der Waals surface area contributed by atoms with Crippen LogP contribution in [0.2, 0.25) is 0 Å². The normalized spacial score (nSPS) is 13.4. The lowest BCUT2D eigenvalue weighted by molar-refractivity contribution is -0.118. The summed E-state index contributed by atoms with van der Waals surface area (Å²) in [7, 11) is -1.89. The molecule has 0 heterocycles. The fraction of sp³-hybridized carbons (Fsp3) is 0.889. The molecule has 3 N–H and O–H groups in total. The number of ether oxygens (including phenoxy) is 1. The molecular formula is C9H20N2O4S. The first kappa shape index (κ1) is 15.3. The average molecular weight is 252 g/mol. The van der Waals surface area contributed by atoms with Crippen molar-refractivity contribution in [1.29, 1.82) is 0 Å². The van der Waals surface area contributed by atoms with Crippen molar-refractivity contribution in [2.24, 2.45) is 5.73 Å². The average Bonchev–Trinajstić information content (AvgIpc) is 2.17. The Morgan fingerprint density at radius 3 is 2.62 bits per heavy atom. The molecular weight excluding hydrogens is 232 g/mol. The number of methoxy groups -OCH3 is 1. The summed E-state index contributed by atoms with van der Waals surface area (Å²) < 4.78 is 28.0. The summed E-state index contributed by atoms with van der Waals surface area (Å²) in [5, 5.41) is 1.88. The van der Waals surface area contributed by atoms with Gasteiger partial charge in [-0.1, -0.05) is 0 Å². The van der Waals surface area contributed by atoms with Gasteiger partial charge in [-0.3, -0.25) is 4.79 Å². The highest BCUT2D eigenvalue weighted by Gasteiger charge is 2.23. The van der Waals surface area contributed by atoms with Crippen LogP contribution in [0.1, 0.15) is 13.3 Å². The molecule has 0 rings (SSSR count). The van der Waals surface area contributed by atoms with Crippen LogP contribution in [0.25, 0.3) is 0 Å². The molecule has 0 aromatic heterocycles. The van der Waals surface area contributed by atoms with Crippen LogP contribution in [0, 0.1) is 0 Å². The zero-order chi connectivity index (χ0) is 12.6. The predicted molar refractivity (Wildman–Crippen MR) is 61.8 cm³/mol. The Hall–Kier alpha value is -0.660. The molecule has 0 saturated heterocycles. The monoisotopic (exact) mass is 252 g/mol. The third-order valence-electron chi connectivity index (χ3n) is 2.15. The second-order valence-electron chi connectivity index (χ2n) is 3.54. The summed E-state index contributed by atoms with van der Waals surface area (Å²) >= 11 is 0. The summed E-state index contributed by atoms with van der Waals surface area (Å²) in [6, 6.07) is 0. The van der Waals surface area contributed by atoms with Crippen molar-refractivity contribution in [2.45, 2.75) is 18.6 Å². The lowest BCUT2D eigenvalue weighted by Crippen LogP contribution is -2.36. The number of nitrogens with two attached hydrogens (primary N) is 1. The SMILES string of the molecule is COCCNC(=O)CS(=O)(=O)C(C)CCN. The molecule has 0 spiro atoms. The van der Waals surface area contributed by atoms with Gasteiger partial charge in [-0.2, -0.15) is 0 Å². The second kappa shape index (κ2) is 7.59. The van der Waals surface area contributed by atoms with Gasteiger partial charge in [0.05, 0.1) is 11.9 Å². The lowest BCUT2D eigenvalue weighted by atomic mass is 10.3. The first-order valence-corrected chi connectivity index (χ1v) is 6.83. The Morgan fingerprint density at radius 2 is 2.12 bits per heavy atom. The maximum atomic E-state index is 11.6. The van der Waals surface area contributed by atoms with Crippen LogP contribution >= 0.6 is 0 Å². The summed E-state index contributed by atoms with van der Waals surface area (Å²) in [6.45, 7) is 2.54. The Kier molecular flexibility index (Phi) is 7.27. The Balaban J connectivity index is 4.10. The van der Waals surface area contributed by atoms with E-state index in [0.29, 0.717) is 26.1 Å². The van der Waals surface area contributed by atoms with Gasteiger partial charge in [0.1, 0.15) is 5.75 Å². The van der Waals surface area contributed by atoms with Crippen molar-refractivity contribution in [2.75, 3.05) is 32.6 Å². The smallest absolute Gasteiger partial charge is 0.235 e. The molecule has 96 valence electrons. The van der Waals surface area contributed by atoms with E-state index >= 15 is 0 Å². The number of hydrogen-bond acceptors (Lipinski definition) is 5. The van der Waals surface area contributed by atoms with E-state index in [1.54, 1.807) is 6.92 Å². The van der Waals surface area contributed by atoms with E-state index < -0.39 is 26.7 Å². The fourth-order valence-electron chi connectivity index (χ4n) is 1.08. The van der Waals surface area contributed by atoms with Crippen LogP contribution in [-0.4, -0.2) is 52.1 Å². The van der Waals surface area contributed by atoms with Crippen LogP contribution in [0.4, 0.5) is 0 Å². The van der Waals surface area contributed by atoms with E-state index in [4.69, 9.17) is 10.5 Å². The first-order chi connectivity index (χ1) is 7.44. The van der Waals surface area contributed by atoms with Crippen LogP contribution in [-0.2, 0) is 19.4 Å². The van der Waals surface area contributed by atoms with Crippen molar-refractivity contribution in [1.82, 2.24) is 5.32 Å². The third kappa shape index (κ3) is 6.04. The molecule has 0 aromatic carbocycles. The zero-order valence-electron chi connectivity index (χ0n) is 9.73. The van der Waals surface area contributed by atoms with Crippen molar-refractivity contribution in [3.05, 3.63) is 0 Å². The molecule has 1 atom stereocenters. The van der Waals surface area contributed by atoms with Gasteiger partial charge in [-0.05, 0) is 19.9 Å². The molecule has 1 amide bonds. The summed E-state index contributed by atoms with van der Waals surface area (Å²) in [6.07, 6.45) is 0.369. The Labute approximate surface area is 96.4 Å². The minimum absolute atomic E-state index is 0.297. The van der Waals surface area contributed by atoms with Crippen molar-refractivity contribution >= 4 is 15.7 Å². The number of amides is 1. The minimum atomic E-state index is -3.39. The minimum Gasteiger partial charge on any atom is -0.383 e.